The predicted molar refractivity (Wildman–Crippen MR) is 132 cm³/mol. The van der Waals surface area contributed by atoms with E-state index in [-0.39, 0.29) is 13.0 Å². The summed E-state index contributed by atoms with van der Waals surface area (Å²) in [6, 6.07) is 11.7. The van der Waals surface area contributed by atoms with Crippen molar-refractivity contribution in [3.05, 3.63) is 48.0 Å². The van der Waals surface area contributed by atoms with Gasteiger partial charge in [-0.2, -0.15) is 13.2 Å². The highest BCUT2D eigenvalue weighted by atomic mass is 19.4. The third-order valence-electron chi connectivity index (χ3n) is 5.72. The van der Waals surface area contributed by atoms with Crippen LogP contribution in [0.4, 0.5) is 13.2 Å². The molecule has 2 rings (SSSR count). The molecular formula is C26H34F3N3O5. The van der Waals surface area contributed by atoms with Gasteiger partial charge in [-0.25, -0.2) is 5.48 Å². The summed E-state index contributed by atoms with van der Waals surface area (Å²) in [4.78, 5) is 38.7. The lowest BCUT2D eigenvalue weighted by Crippen LogP contribution is -2.58. The Kier molecular flexibility index (Phi) is 10.4. The Morgan fingerprint density at radius 1 is 0.973 bits per heavy atom. The van der Waals surface area contributed by atoms with Crippen LogP contribution in [0.5, 0.6) is 0 Å². The molecule has 4 N–H and O–H groups in total. The number of hydrogen-bond acceptors (Lipinski definition) is 5. The molecular weight excluding hydrogens is 491 g/mol. The van der Waals surface area contributed by atoms with Crippen LogP contribution in [-0.2, 0) is 25.5 Å². The molecule has 0 fully saturated rings. The smallest absolute Gasteiger partial charge is 0.367 e. The van der Waals surface area contributed by atoms with Gasteiger partial charge >= 0.3 is 6.18 Å². The molecule has 204 valence electrons. The van der Waals surface area contributed by atoms with Gasteiger partial charge in [0.1, 0.15) is 18.7 Å². The fraction of sp³-hybridized carbons (Fsp3) is 0.500. The first kappa shape index (κ1) is 30.0. The Morgan fingerprint density at radius 2 is 1.62 bits per heavy atom. The second-order valence-corrected chi connectivity index (χ2v) is 9.90. The number of halogens is 3. The van der Waals surface area contributed by atoms with E-state index in [4.69, 9.17) is 4.74 Å². The van der Waals surface area contributed by atoms with Crippen LogP contribution in [0.1, 0.15) is 39.7 Å². The average Bonchev–Trinajstić information content (AvgIpc) is 2.83. The fourth-order valence-corrected chi connectivity index (χ4v) is 3.85. The number of amides is 3. The van der Waals surface area contributed by atoms with E-state index >= 15 is 0 Å². The predicted octanol–water partition coefficient (Wildman–Crippen LogP) is 3.51. The minimum Gasteiger partial charge on any atom is -0.367 e. The van der Waals surface area contributed by atoms with Crippen LogP contribution in [0.15, 0.2) is 42.5 Å². The number of hydrogen-bond donors (Lipinski definition) is 4. The zero-order valence-corrected chi connectivity index (χ0v) is 21.3. The maximum absolute atomic E-state index is 13.5. The molecule has 0 aromatic heterocycles. The zero-order valence-electron chi connectivity index (χ0n) is 21.3. The summed E-state index contributed by atoms with van der Waals surface area (Å²) >= 11 is 0. The van der Waals surface area contributed by atoms with Crippen molar-refractivity contribution >= 4 is 28.5 Å². The number of rotatable bonds is 11. The maximum atomic E-state index is 13.5. The van der Waals surface area contributed by atoms with E-state index in [1.165, 1.54) is 5.48 Å². The van der Waals surface area contributed by atoms with Crippen molar-refractivity contribution < 1.29 is 37.5 Å². The quantitative estimate of drug-likeness (QED) is 0.265. The molecule has 0 unspecified atom stereocenters. The summed E-state index contributed by atoms with van der Waals surface area (Å²) < 4.78 is 43.7. The van der Waals surface area contributed by atoms with Gasteiger partial charge in [-0.05, 0) is 34.6 Å². The van der Waals surface area contributed by atoms with E-state index in [9.17, 15) is 32.8 Å². The third-order valence-corrected chi connectivity index (χ3v) is 5.72. The molecule has 8 nitrogen and oxygen atoms in total. The molecule has 3 amide bonds. The van der Waals surface area contributed by atoms with Gasteiger partial charge in [-0.15, -0.1) is 0 Å². The lowest BCUT2D eigenvalue weighted by Gasteiger charge is -2.33. The van der Waals surface area contributed by atoms with Crippen molar-refractivity contribution in [1.29, 1.82) is 0 Å². The second kappa shape index (κ2) is 12.9. The van der Waals surface area contributed by atoms with Crippen molar-refractivity contribution in [3.63, 3.8) is 0 Å². The number of carbonyl (C=O) groups excluding carboxylic acids is 3. The monoisotopic (exact) mass is 525 g/mol. The lowest BCUT2D eigenvalue weighted by atomic mass is 9.84. The molecule has 2 aromatic rings. The van der Waals surface area contributed by atoms with Crippen molar-refractivity contribution in [2.24, 2.45) is 11.3 Å². The SMILES string of the molecule is CCCO[C@H](C(=O)NO)[C@@H](Cc1ccc2ccccc2c1)C(=O)N[C@H](C(=O)NCC(F)(F)F)C(C)(C)C. The van der Waals surface area contributed by atoms with Crippen LogP contribution in [0.2, 0.25) is 0 Å². The van der Waals surface area contributed by atoms with Gasteiger partial charge in [0.15, 0.2) is 0 Å². The van der Waals surface area contributed by atoms with Crippen LogP contribution in [0, 0.1) is 11.3 Å². The Morgan fingerprint density at radius 3 is 2.19 bits per heavy atom. The molecule has 0 radical (unpaired) electrons. The summed E-state index contributed by atoms with van der Waals surface area (Å²) in [7, 11) is 0. The van der Waals surface area contributed by atoms with Crippen LogP contribution >= 0.6 is 0 Å². The molecule has 3 atom stereocenters. The first-order chi connectivity index (χ1) is 17.3. The largest absolute Gasteiger partial charge is 0.405 e. The van der Waals surface area contributed by atoms with Crippen molar-refractivity contribution in [1.82, 2.24) is 16.1 Å². The van der Waals surface area contributed by atoms with Gasteiger partial charge in [0.2, 0.25) is 11.8 Å². The Hall–Kier alpha value is -3.18. The molecule has 0 aliphatic carbocycles. The molecule has 2 aromatic carbocycles. The molecule has 0 spiro atoms. The summed E-state index contributed by atoms with van der Waals surface area (Å²) in [5.74, 6) is -3.96. The molecule has 0 aliphatic rings. The number of ether oxygens (including phenoxy) is 1. The molecule has 11 heteroatoms. The highest BCUT2D eigenvalue weighted by molar-refractivity contribution is 5.93. The van der Waals surface area contributed by atoms with E-state index in [1.54, 1.807) is 33.8 Å². The van der Waals surface area contributed by atoms with Gasteiger partial charge in [0.05, 0.1) is 5.92 Å². The highest BCUT2D eigenvalue weighted by Gasteiger charge is 2.40. The molecule has 0 saturated carbocycles. The van der Waals surface area contributed by atoms with Gasteiger partial charge in [-0.3, -0.25) is 19.6 Å². The van der Waals surface area contributed by atoms with E-state index in [2.05, 4.69) is 5.32 Å². The topological polar surface area (TPSA) is 117 Å². The van der Waals surface area contributed by atoms with Gasteiger partial charge < -0.3 is 15.4 Å². The number of carbonyl (C=O) groups is 3. The summed E-state index contributed by atoms with van der Waals surface area (Å²) in [6.07, 6.45) is -5.53. The minimum absolute atomic E-state index is 0.000494. The number of alkyl halides is 3. The van der Waals surface area contributed by atoms with Crippen molar-refractivity contribution in [2.75, 3.05) is 13.2 Å². The molecule has 0 heterocycles. The molecule has 37 heavy (non-hydrogen) atoms. The van der Waals surface area contributed by atoms with Crippen LogP contribution in [0.25, 0.3) is 10.8 Å². The van der Waals surface area contributed by atoms with Crippen molar-refractivity contribution in [3.8, 4) is 0 Å². The van der Waals surface area contributed by atoms with E-state index in [0.717, 1.165) is 10.8 Å². The first-order valence-electron chi connectivity index (χ1n) is 11.9. The molecule has 0 saturated heterocycles. The summed E-state index contributed by atoms with van der Waals surface area (Å²) in [6.45, 7) is 5.13. The Labute approximate surface area is 213 Å². The van der Waals surface area contributed by atoms with Crippen LogP contribution in [0.3, 0.4) is 0 Å². The maximum Gasteiger partial charge on any atom is 0.405 e. The number of nitrogens with one attached hydrogen (secondary N) is 3. The van der Waals surface area contributed by atoms with Gasteiger partial charge in [-0.1, -0.05) is 70.2 Å². The van der Waals surface area contributed by atoms with E-state index in [0.29, 0.717) is 12.0 Å². The zero-order chi connectivity index (χ0) is 27.8. The Balaban J connectivity index is 2.41. The number of benzene rings is 2. The molecule has 0 bridgehead atoms. The number of fused-ring (bicyclic) bond motifs is 1. The minimum atomic E-state index is -4.63. The normalized spacial score (nSPS) is 14.5. The first-order valence-corrected chi connectivity index (χ1v) is 11.9. The van der Waals surface area contributed by atoms with Crippen LogP contribution < -0.4 is 16.1 Å². The Bertz CT molecular complexity index is 1090. The second-order valence-electron chi connectivity index (χ2n) is 9.90. The highest BCUT2D eigenvalue weighted by Crippen LogP contribution is 2.24. The number of hydroxylamine groups is 1. The van der Waals surface area contributed by atoms with Gasteiger partial charge in [0.25, 0.3) is 5.91 Å². The van der Waals surface area contributed by atoms with Crippen LogP contribution in [-0.4, -0.2) is 54.4 Å². The van der Waals surface area contributed by atoms with E-state index in [1.807, 2.05) is 41.7 Å². The lowest BCUT2D eigenvalue weighted by molar-refractivity contribution is -0.152. The van der Waals surface area contributed by atoms with E-state index < -0.39 is 53.9 Å². The third kappa shape index (κ3) is 9.01. The summed E-state index contributed by atoms with van der Waals surface area (Å²) in [5, 5.41) is 15.5. The van der Waals surface area contributed by atoms with Crippen molar-refractivity contribution in [2.45, 2.75) is 58.9 Å². The average molecular weight is 526 g/mol. The standard InChI is InChI=1S/C26H34F3N3O5/c1-5-12-37-20(23(34)32-36)19(14-16-10-11-17-8-6-7-9-18(17)13-16)22(33)31-21(25(2,3)4)24(35)30-15-26(27,28)29/h6-11,13,19-21,36H,5,12,14-15H2,1-4H3,(H,30,35)(H,31,33)(H,32,34)/t19-,20+,21-/m1/s1. The fourth-order valence-electron chi connectivity index (χ4n) is 3.85. The molecule has 0 aliphatic heterocycles. The summed E-state index contributed by atoms with van der Waals surface area (Å²) in [5.41, 5.74) is 1.24. The van der Waals surface area contributed by atoms with Gasteiger partial charge in [0, 0.05) is 6.61 Å².